The quantitative estimate of drug-likeness (QED) is 0.861. The fourth-order valence-corrected chi connectivity index (χ4v) is 1.65. The Morgan fingerprint density at radius 1 is 1.39 bits per heavy atom. The molecule has 1 heterocycles. The Labute approximate surface area is 106 Å². The maximum absolute atomic E-state index is 8.83. The van der Waals surface area contributed by atoms with Gasteiger partial charge in [-0.2, -0.15) is 5.26 Å². The number of hydrogen-bond donors (Lipinski definition) is 2. The monoisotopic (exact) mass is 238 g/mol. The van der Waals surface area contributed by atoms with Crippen LogP contribution >= 0.6 is 0 Å². The van der Waals surface area contributed by atoms with Gasteiger partial charge < -0.3 is 11.1 Å². The van der Waals surface area contributed by atoms with Gasteiger partial charge in [-0.15, -0.1) is 0 Å². The summed E-state index contributed by atoms with van der Waals surface area (Å²) in [5, 5.41) is 12.0. The van der Waals surface area contributed by atoms with Crippen LogP contribution in [0.2, 0.25) is 0 Å². The standard InChI is InChI=1S/C14H14N4/c1-10-5-6-17-14(13(10)16)18-9-12-4-2-3-11(7-12)8-15/h2-7H,9,16H2,1H3,(H,17,18). The molecule has 18 heavy (non-hydrogen) atoms. The first-order valence-corrected chi connectivity index (χ1v) is 5.64. The zero-order valence-electron chi connectivity index (χ0n) is 10.1. The fraction of sp³-hybridized carbons (Fsp3) is 0.143. The summed E-state index contributed by atoms with van der Waals surface area (Å²) in [5.74, 6) is 0.678. The molecule has 0 saturated carbocycles. The summed E-state index contributed by atoms with van der Waals surface area (Å²) in [6, 6.07) is 11.4. The van der Waals surface area contributed by atoms with Crippen LogP contribution in [0.1, 0.15) is 16.7 Å². The van der Waals surface area contributed by atoms with Gasteiger partial charge >= 0.3 is 0 Å². The second-order valence-corrected chi connectivity index (χ2v) is 4.06. The minimum Gasteiger partial charge on any atom is -0.396 e. The summed E-state index contributed by atoms with van der Waals surface area (Å²) in [6.45, 7) is 2.54. The van der Waals surface area contributed by atoms with Crippen LogP contribution in [0.3, 0.4) is 0 Å². The van der Waals surface area contributed by atoms with Crippen LogP contribution < -0.4 is 11.1 Å². The van der Waals surface area contributed by atoms with Crippen molar-refractivity contribution in [2.24, 2.45) is 0 Å². The van der Waals surface area contributed by atoms with Crippen molar-refractivity contribution in [2.75, 3.05) is 11.1 Å². The van der Waals surface area contributed by atoms with E-state index in [1.54, 1.807) is 12.3 Å². The maximum atomic E-state index is 8.83. The Hall–Kier alpha value is -2.54. The molecule has 0 spiro atoms. The molecule has 0 atom stereocenters. The maximum Gasteiger partial charge on any atom is 0.149 e. The molecule has 90 valence electrons. The molecule has 0 aliphatic heterocycles. The molecule has 1 aromatic carbocycles. The number of nitrogens with two attached hydrogens (primary N) is 1. The van der Waals surface area contributed by atoms with E-state index in [-0.39, 0.29) is 0 Å². The molecule has 1 aromatic heterocycles. The Morgan fingerprint density at radius 3 is 3.00 bits per heavy atom. The minimum atomic E-state index is 0.593. The minimum absolute atomic E-state index is 0.593. The predicted molar refractivity (Wildman–Crippen MR) is 71.9 cm³/mol. The number of nitrogens with zero attached hydrogens (tertiary/aromatic N) is 2. The molecule has 2 rings (SSSR count). The molecule has 0 amide bonds. The number of hydrogen-bond acceptors (Lipinski definition) is 4. The first-order valence-electron chi connectivity index (χ1n) is 5.64. The third-order valence-corrected chi connectivity index (χ3v) is 2.72. The largest absolute Gasteiger partial charge is 0.396 e. The lowest BCUT2D eigenvalue weighted by atomic mass is 10.1. The summed E-state index contributed by atoms with van der Waals surface area (Å²) in [4.78, 5) is 4.20. The first kappa shape index (κ1) is 11.9. The Bertz CT molecular complexity index is 599. The molecule has 0 saturated heterocycles. The van der Waals surface area contributed by atoms with Gasteiger partial charge in [0, 0.05) is 12.7 Å². The summed E-state index contributed by atoms with van der Waals surface area (Å²) in [6.07, 6.45) is 1.72. The number of aryl methyl sites for hydroxylation is 1. The average Bonchev–Trinajstić information content (AvgIpc) is 2.41. The number of aromatic nitrogens is 1. The van der Waals surface area contributed by atoms with Gasteiger partial charge in [0.1, 0.15) is 5.82 Å². The Morgan fingerprint density at radius 2 is 2.22 bits per heavy atom. The van der Waals surface area contributed by atoms with Crippen molar-refractivity contribution in [3.8, 4) is 6.07 Å². The molecular formula is C14H14N4. The molecule has 2 aromatic rings. The van der Waals surface area contributed by atoms with E-state index in [1.807, 2.05) is 31.2 Å². The highest BCUT2D eigenvalue weighted by molar-refractivity contribution is 5.64. The molecule has 0 bridgehead atoms. The van der Waals surface area contributed by atoms with Crippen LogP contribution in [0.15, 0.2) is 36.5 Å². The molecule has 0 aliphatic carbocycles. The van der Waals surface area contributed by atoms with Gasteiger partial charge in [-0.05, 0) is 36.2 Å². The number of anilines is 2. The zero-order chi connectivity index (χ0) is 13.0. The summed E-state index contributed by atoms with van der Waals surface area (Å²) < 4.78 is 0. The molecule has 3 N–H and O–H groups in total. The normalized spacial score (nSPS) is 9.78. The van der Waals surface area contributed by atoms with Crippen LogP contribution in [0.4, 0.5) is 11.5 Å². The van der Waals surface area contributed by atoms with E-state index in [0.717, 1.165) is 11.1 Å². The van der Waals surface area contributed by atoms with Gasteiger partial charge in [0.25, 0.3) is 0 Å². The van der Waals surface area contributed by atoms with Gasteiger partial charge in [0.2, 0.25) is 0 Å². The molecule has 4 nitrogen and oxygen atoms in total. The van der Waals surface area contributed by atoms with Crippen molar-refractivity contribution in [1.82, 2.24) is 4.98 Å². The zero-order valence-corrected chi connectivity index (χ0v) is 10.1. The van der Waals surface area contributed by atoms with E-state index in [0.29, 0.717) is 23.6 Å². The number of nitrogen functional groups attached to an aromatic ring is 1. The number of benzene rings is 1. The van der Waals surface area contributed by atoms with Crippen LogP contribution in [-0.4, -0.2) is 4.98 Å². The van der Waals surface area contributed by atoms with Crippen molar-refractivity contribution < 1.29 is 0 Å². The number of rotatable bonds is 3. The van der Waals surface area contributed by atoms with E-state index >= 15 is 0 Å². The number of pyridine rings is 1. The van der Waals surface area contributed by atoms with Crippen LogP contribution in [0.25, 0.3) is 0 Å². The van der Waals surface area contributed by atoms with Crippen molar-refractivity contribution in [1.29, 1.82) is 5.26 Å². The van der Waals surface area contributed by atoms with Crippen molar-refractivity contribution >= 4 is 11.5 Å². The topological polar surface area (TPSA) is 74.7 Å². The van der Waals surface area contributed by atoms with E-state index in [2.05, 4.69) is 16.4 Å². The van der Waals surface area contributed by atoms with Crippen molar-refractivity contribution in [3.63, 3.8) is 0 Å². The van der Waals surface area contributed by atoms with Gasteiger partial charge in [-0.1, -0.05) is 12.1 Å². The van der Waals surface area contributed by atoms with E-state index in [1.165, 1.54) is 0 Å². The molecule has 0 radical (unpaired) electrons. The number of nitrogens with one attached hydrogen (secondary N) is 1. The fourth-order valence-electron chi connectivity index (χ4n) is 1.65. The molecule has 4 heteroatoms. The molecule has 0 fully saturated rings. The SMILES string of the molecule is Cc1ccnc(NCc2cccc(C#N)c2)c1N. The van der Waals surface area contributed by atoms with Crippen molar-refractivity contribution in [3.05, 3.63) is 53.2 Å². The lowest BCUT2D eigenvalue weighted by molar-refractivity contribution is 1.11. The van der Waals surface area contributed by atoms with Crippen LogP contribution in [0, 0.1) is 18.3 Å². The lowest BCUT2D eigenvalue weighted by Gasteiger charge is -2.09. The van der Waals surface area contributed by atoms with E-state index < -0.39 is 0 Å². The second-order valence-electron chi connectivity index (χ2n) is 4.06. The van der Waals surface area contributed by atoms with Gasteiger partial charge in [0.15, 0.2) is 0 Å². The highest BCUT2D eigenvalue weighted by Crippen LogP contribution is 2.19. The highest BCUT2D eigenvalue weighted by Gasteiger charge is 2.02. The van der Waals surface area contributed by atoms with Gasteiger partial charge in [-0.3, -0.25) is 0 Å². The van der Waals surface area contributed by atoms with Gasteiger partial charge in [0.05, 0.1) is 17.3 Å². The molecule has 0 aliphatic rings. The van der Waals surface area contributed by atoms with Crippen LogP contribution in [0.5, 0.6) is 0 Å². The summed E-state index contributed by atoms with van der Waals surface area (Å²) >= 11 is 0. The Balaban J connectivity index is 2.12. The third-order valence-electron chi connectivity index (χ3n) is 2.72. The van der Waals surface area contributed by atoms with Gasteiger partial charge in [-0.25, -0.2) is 4.98 Å². The smallest absolute Gasteiger partial charge is 0.149 e. The van der Waals surface area contributed by atoms with E-state index in [9.17, 15) is 0 Å². The summed E-state index contributed by atoms with van der Waals surface area (Å²) in [5.41, 5.74) is 9.26. The van der Waals surface area contributed by atoms with Crippen LogP contribution in [-0.2, 0) is 6.54 Å². The molecule has 0 unspecified atom stereocenters. The van der Waals surface area contributed by atoms with Crippen molar-refractivity contribution in [2.45, 2.75) is 13.5 Å². The summed E-state index contributed by atoms with van der Waals surface area (Å²) in [7, 11) is 0. The third kappa shape index (κ3) is 2.58. The lowest BCUT2D eigenvalue weighted by Crippen LogP contribution is -2.05. The first-order chi connectivity index (χ1) is 8.70. The Kier molecular flexibility index (Phi) is 3.44. The molecular weight excluding hydrogens is 224 g/mol. The second kappa shape index (κ2) is 5.19. The predicted octanol–water partition coefficient (Wildman–Crippen LogP) is 2.46. The van der Waals surface area contributed by atoms with E-state index in [4.69, 9.17) is 11.0 Å². The average molecular weight is 238 g/mol. The number of nitriles is 1. The highest BCUT2D eigenvalue weighted by atomic mass is 15.0.